The van der Waals surface area contributed by atoms with Crippen LogP contribution in [0.15, 0.2) is 14.7 Å². The van der Waals surface area contributed by atoms with Gasteiger partial charge in [0, 0.05) is 50.6 Å². The van der Waals surface area contributed by atoms with Gasteiger partial charge in [-0.15, -0.1) is 11.3 Å². The van der Waals surface area contributed by atoms with Crippen molar-refractivity contribution in [3.63, 3.8) is 0 Å². The van der Waals surface area contributed by atoms with Gasteiger partial charge >= 0.3 is 10.2 Å². The van der Waals surface area contributed by atoms with Gasteiger partial charge in [0.05, 0.1) is 20.9 Å². The largest absolute Gasteiger partial charge is 0.330 e. The molecule has 0 radical (unpaired) electrons. The molecule has 20 heavy (non-hydrogen) atoms. The molecule has 2 heterocycles. The maximum atomic E-state index is 12.0. The Hall–Kier alpha value is -0.550. The average molecular weight is 338 g/mol. The second-order valence-corrected chi connectivity index (χ2v) is 9.98. The molecule has 7 nitrogen and oxygen atoms in total. The topological polar surface area (TPSA) is 82.9 Å². The summed E-state index contributed by atoms with van der Waals surface area (Å²) >= 11 is 1.55. The van der Waals surface area contributed by atoms with Crippen LogP contribution in [0.3, 0.4) is 0 Å². The molecule has 0 aromatic carbocycles. The van der Waals surface area contributed by atoms with Gasteiger partial charge in [-0.3, -0.25) is 4.90 Å². The smallest absolute Gasteiger partial charge is 0.295 e. The van der Waals surface area contributed by atoms with E-state index >= 15 is 0 Å². The molecule has 1 aliphatic heterocycles. The van der Waals surface area contributed by atoms with Gasteiger partial charge in [-0.1, -0.05) is 3.77 Å². The van der Waals surface area contributed by atoms with Gasteiger partial charge in [0.2, 0.25) is 0 Å². The molecular formula is C10H18N4O3S3. The predicted octanol–water partition coefficient (Wildman–Crippen LogP) is 0.233. The van der Waals surface area contributed by atoms with Crippen LogP contribution in [0.25, 0.3) is 0 Å². The quantitative estimate of drug-likeness (QED) is 0.785. The highest BCUT2D eigenvalue weighted by Gasteiger charge is 2.27. The summed E-state index contributed by atoms with van der Waals surface area (Å²) in [7, 11) is -6.45. The lowest BCUT2D eigenvalue weighted by Crippen LogP contribution is -2.47. The van der Waals surface area contributed by atoms with Crippen LogP contribution in [0, 0.1) is 0 Å². The minimum atomic E-state index is -3.78. The van der Waals surface area contributed by atoms with Crippen LogP contribution in [0.5, 0.6) is 0 Å². The number of hydrogen-bond acceptors (Lipinski definition) is 6. The molecule has 1 saturated heterocycles. The van der Waals surface area contributed by atoms with Crippen molar-refractivity contribution >= 4 is 31.3 Å². The predicted molar refractivity (Wildman–Crippen MR) is 80.3 cm³/mol. The summed E-state index contributed by atoms with van der Waals surface area (Å²) in [5.74, 6) is 0. The Labute approximate surface area is 124 Å². The third kappa shape index (κ3) is 4.48. The third-order valence-corrected chi connectivity index (χ3v) is 6.64. The Morgan fingerprint density at radius 1 is 1.25 bits per heavy atom. The first-order valence-electron chi connectivity index (χ1n) is 6.04. The number of rotatable bonds is 4. The van der Waals surface area contributed by atoms with Crippen molar-refractivity contribution in [2.45, 2.75) is 6.54 Å². The highest BCUT2D eigenvalue weighted by atomic mass is 32.3. The summed E-state index contributed by atoms with van der Waals surface area (Å²) in [5, 5.41) is 1.99. The Balaban J connectivity index is 1.96. The number of nitrogens with zero attached hydrogens (tertiary/aromatic N) is 4. The lowest BCUT2D eigenvalue weighted by atomic mass is 10.3. The molecule has 1 aliphatic rings. The van der Waals surface area contributed by atoms with Crippen LogP contribution in [-0.2, 0) is 26.5 Å². The van der Waals surface area contributed by atoms with E-state index in [0.717, 1.165) is 12.2 Å². The lowest BCUT2D eigenvalue weighted by Gasteiger charge is -2.32. The van der Waals surface area contributed by atoms with E-state index in [2.05, 4.69) is 13.7 Å². The summed E-state index contributed by atoms with van der Waals surface area (Å²) in [6, 6.07) is 0. The maximum Gasteiger partial charge on any atom is 0.330 e. The Morgan fingerprint density at radius 2 is 1.90 bits per heavy atom. The fourth-order valence-corrected chi connectivity index (χ4v) is 5.30. The normalized spacial score (nSPS) is 19.1. The van der Waals surface area contributed by atoms with E-state index in [9.17, 15) is 12.6 Å². The third-order valence-electron chi connectivity index (χ3n) is 2.80. The molecule has 114 valence electrons. The van der Waals surface area contributed by atoms with E-state index in [4.69, 9.17) is 0 Å². The van der Waals surface area contributed by atoms with Crippen LogP contribution in [0.2, 0.25) is 0 Å². The molecule has 1 aromatic rings. The monoisotopic (exact) mass is 338 g/mol. The first-order chi connectivity index (χ1) is 9.26. The molecule has 10 heteroatoms. The second kappa shape index (κ2) is 6.06. The second-order valence-electron chi connectivity index (χ2n) is 4.89. The summed E-state index contributed by atoms with van der Waals surface area (Å²) in [6.07, 6.45) is 2.64. The molecule has 2 rings (SSSR count). The Bertz CT molecular complexity index is 646. The fourth-order valence-electron chi connectivity index (χ4n) is 1.94. The zero-order chi connectivity index (χ0) is 14.8. The van der Waals surface area contributed by atoms with Crippen LogP contribution < -0.4 is 0 Å². The van der Waals surface area contributed by atoms with Crippen molar-refractivity contribution in [1.82, 2.24) is 14.2 Å². The molecule has 0 amide bonds. The van der Waals surface area contributed by atoms with Gasteiger partial charge < -0.3 is 0 Å². The molecule has 1 aromatic heterocycles. The van der Waals surface area contributed by atoms with E-state index in [1.807, 2.05) is 5.38 Å². The number of hydrogen-bond donors (Lipinski definition) is 0. The summed E-state index contributed by atoms with van der Waals surface area (Å²) in [6.45, 7) is 2.71. The number of aromatic nitrogens is 1. The SMILES string of the molecule is CS(C)(=O)=NS(=O)(=O)N1CCN(Cc2cscn2)CC1. The van der Waals surface area contributed by atoms with E-state index < -0.39 is 19.9 Å². The number of piperazine rings is 1. The van der Waals surface area contributed by atoms with Crippen molar-refractivity contribution in [3.05, 3.63) is 16.6 Å². The molecule has 0 atom stereocenters. The summed E-state index contributed by atoms with van der Waals surface area (Å²) < 4.78 is 40.2. The van der Waals surface area contributed by atoms with Crippen LogP contribution >= 0.6 is 11.3 Å². The van der Waals surface area contributed by atoms with E-state index in [1.165, 1.54) is 16.8 Å². The molecule has 0 N–H and O–H groups in total. The maximum absolute atomic E-state index is 12.0. The highest BCUT2D eigenvalue weighted by molar-refractivity contribution is 8.01. The fraction of sp³-hybridized carbons (Fsp3) is 0.700. The van der Waals surface area contributed by atoms with Crippen molar-refractivity contribution in [2.24, 2.45) is 3.77 Å². The van der Waals surface area contributed by atoms with Crippen molar-refractivity contribution in [3.8, 4) is 0 Å². The molecule has 0 saturated carbocycles. The van der Waals surface area contributed by atoms with Gasteiger partial charge in [-0.2, -0.15) is 12.7 Å². The Morgan fingerprint density at radius 3 is 2.40 bits per heavy atom. The zero-order valence-corrected chi connectivity index (χ0v) is 13.9. The highest BCUT2D eigenvalue weighted by Crippen LogP contribution is 2.13. The standard InChI is InChI=1S/C10H18N4O3S3/c1-19(2,15)12-20(16,17)14-5-3-13(4-6-14)7-10-8-18-9-11-10/h8-9H,3-7H2,1-2H3. The van der Waals surface area contributed by atoms with E-state index in [-0.39, 0.29) is 0 Å². The van der Waals surface area contributed by atoms with Crippen molar-refractivity contribution < 1.29 is 12.6 Å². The minimum absolute atomic E-state index is 0.367. The molecule has 0 aliphatic carbocycles. The molecular weight excluding hydrogens is 320 g/mol. The summed E-state index contributed by atoms with van der Waals surface area (Å²) in [5.41, 5.74) is 2.79. The van der Waals surface area contributed by atoms with Gasteiger partial charge in [0.1, 0.15) is 0 Å². The first-order valence-corrected chi connectivity index (χ1v) is 10.7. The van der Waals surface area contributed by atoms with Crippen LogP contribution in [-0.4, -0.2) is 65.5 Å². The van der Waals surface area contributed by atoms with E-state index in [0.29, 0.717) is 26.2 Å². The number of thiazole rings is 1. The molecule has 0 unspecified atom stereocenters. The van der Waals surface area contributed by atoms with Crippen LogP contribution in [0.1, 0.15) is 5.69 Å². The lowest BCUT2D eigenvalue weighted by molar-refractivity contribution is 0.180. The van der Waals surface area contributed by atoms with Gasteiger partial charge in [0.25, 0.3) is 0 Å². The molecule has 0 spiro atoms. The molecule has 1 fully saturated rings. The summed E-state index contributed by atoms with van der Waals surface area (Å²) in [4.78, 5) is 6.36. The van der Waals surface area contributed by atoms with Crippen LogP contribution in [0.4, 0.5) is 0 Å². The molecule has 0 bridgehead atoms. The van der Waals surface area contributed by atoms with Crippen molar-refractivity contribution in [2.75, 3.05) is 38.7 Å². The minimum Gasteiger partial charge on any atom is -0.295 e. The first kappa shape index (κ1) is 15.8. The van der Waals surface area contributed by atoms with Gasteiger partial charge in [-0.05, 0) is 0 Å². The zero-order valence-electron chi connectivity index (χ0n) is 11.4. The average Bonchev–Trinajstić information content (AvgIpc) is 2.79. The van der Waals surface area contributed by atoms with Gasteiger partial charge in [-0.25, -0.2) is 9.19 Å². The Kier molecular flexibility index (Phi) is 4.80. The van der Waals surface area contributed by atoms with Gasteiger partial charge in [0.15, 0.2) is 0 Å². The van der Waals surface area contributed by atoms with E-state index in [1.54, 1.807) is 16.8 Å². The van der Waals surface area contributed by atoms with Crippen molar-refractivity contribution in [1.29, 1.82) is 0 Å².